The Kier molecular flexibility index (Phi) is 3.40. The zero-order valence-corrected chi connectivity index (χ0v) is 12.2. The van der Waals surface area contributed by atoms with Gasteiger partial charge in [-0.15, -0.1) is 0 Å². The highest BCUT2D eigenvalue weighted by Gasteiger charge is 2.20. The topological polar surface area (TPSA) is 29.3 Å². The number of anilines is 1. The summed E-state index contributed by atoms with van der Waals surface area (Å²) in [6.45, 7) is 4.37. The van der Waals surface area contributed by atoms with Gasteiger partial charge in [0.2, 0.25) is 0 Å². The lowest BCUT2D eigenvalue weighted by molar-refractivity contribution is 0.740. The van der Waals surface area contributed by atoms with Gasteiger partial charge in [0.05, 0.1) is 10.7 Å². The molecule has 19 heavy (non-hydrogen) atoms. The summed E-state index contributed by atoms with van der Waals surface area (Å²) in [5.41, 5.74) is 2.10. The van der Waals surface area contributed by atoms with Gasteiger partial charge in [-0.1, -0.05) is 38.3 Å². The first-order valence-corrected chi connectivity index (χ1v) is 7.47. The molecule has 0 unspecified atom stereocenters. The number of fused-ring (bicyclic) bond motifs is 1. The van der Waals surface area contributed by atoms with Gasteiger partial charge >= 0.3 is 0 Å². The van der Waals surface area contributed by atoms with Crippen LogP contribution in [0, 0.1) is 0 Å². The molecule has 1 N–H and O–H groups in total. The van der Waals surface area contributed by atoms with E-state index in [2.05, 4.69) is 23.6 Å². The summed E-state index contributed by atoms with van der Waals surface area (Å²) in [6, 6.07) is 4.46. The number of hydrogen-bond donors (Lipinski definition) is 1. The standard InChI is InChI=1S/C15H20ClN3/c1-10(2)14-15(17-12-5-3-4-6-12)19-9-11(16)7-8-13(19)18-14/h7-10,12,17H,3-6H2,1-2H3. The molecule has 1 aliphatic carbocycles. The zero-order valence-electron chi connectivity index (χ0n) is 11.5. The van der Waals surface area contributed by atoms with Crippen LogP contribution < -0.4 is 5.32 Å². The number of rotatable bonds is 3. The van der Waals surface area contributed by atoms with E-state index in [9.17, 15) is 0 Å². The first-order valence-electron chi connectivity index (χ1n) is 7.09. The summed E-state index contributed by atoms with van der Waals surface area (Å²) in [5.74, 6) is 1.53. The molecule has 0 radical (unpaired) electrons. The molecule has 0 saturated heterocycles. The number of aromatic nitrogens is 2. The SMILES string of the molecule is CC(C)c1nc2ccc(Cl)cn2c1NC1CCCC1. The van der Waals surface area contributed by atoms with Crippen LogP contribution in [-0.4, -0.2) is 15.4 Å². The van der Waals surface area contributed by atoms with Gasteiger partial charge in [-0.25, -0.2) is 4.98 Å². The summed E-state index contributed by atoms with van der Waals surface area (Å²) in [6.07, 6.45) is 7.11. The molecule has 0 aliphatic heterocycles. The monoisotopic (exact) mass is 277 g/mol. The average molecular weight is 278 g/mol. The maximum atomic E-state index is 6.12. The molecule has 3 rings (SSSR count). The van der Waals surface area contributed by atoms with E-state index >= 15 is 0 Å². The molecule has 1 aliphatic rings. The molecule has 2 aromatic heterocycles. The number of hydrogen-bond acceptors (Lipinski definition) is 2. The Morgan fingerprint density at radius 3 is 2.74 bits per heavy atom. The Labute approximate surface area is 119 Å². The smallest absolute Gasteiger partial charge is 0.138 e. The minimum Gasteiger partial charge on any atom is -0.367 e. The summed E-state index contributed by atoms with van der Waals surface area (Å²) >= 11 is 6.12. The molecule has 1 saturated carbocycles. The van der Waals surface area contributed by atoms with Crippen molar-refractivity contribution >= 4 is 23.1 Å². The summed E-state index contributed by atoms with van der Waals surface area (Å²) < 4.78 is 2.09. The highest BCUT2D eigenvalue weighted by Crippen LogP contribution is 2.30. The molecular formula is C15H20ClN3. The maximum absolute atomic E-state index is 6.12. The van der Waals surface area contributed by atoms with E-state index < -0.39 is 0 Å². The van der Waals surface area contributed by atoms with E-state index in [1.54, 1.807) is 0 Å². The molecule has 0 aromatic carbocycles. The number of nitrogens with zero attached hydrogens (tertiary/aromatic N) is 2. The molecule has 0 spiro atoms. The quantitative estimate of drug-likeness (QED) is 0.897. The first-order chi connectivity index (χ1) is 9.15. The number of halogens is 1. The van der Waals surface area contributed by atoms with E-state index in [0.29, 0.717) is 12.0 Å². The Bertz CT molecular complexity index is 582. The van der Waals surface area contributed by atoms with Gasteiger partial charge < -0.3 is 5.32 Å². The third-order valence-corrected chi connectivity index (χ3v) is 4.08. The van der Waals surface area contributed by atoms with Crippen molar-refractivity contribution in [3.05, 3.63) is 29.0 Å². The fourth-order valence-corrected chi connectivity index (χ4v) is 3.01. The highest BCUT2D eigenvalue weighted by atomic mass is 35.5. The van der Waals surface area contributed by atoms with Crippen LogP contribution in [0.3, 0.4) is 0 Å². The first kappa shape index (κ1) is 12.8. The second-order valence-corrected chi connectivity index (χ2v) is 6.14. The van der Waals surface area contributed by atoms with E-state index in [0.717, 1.165) is 22.2 Å². The Hall–Kier alpha value is -1.22. The minimum absolute atomic E-state index is 0.405. The van der Waals surface area contributed by atoms with Gasteiger partial charge in [0.25, 0.3) is 0 Å². The van der Waals surface area contributed by atoms with Gasteiger partial charge in [-0.05, 0) is 30.9 Å². The van der Waals surface area contributed by atoms with Crippen LogP contribution in [0.4, 0.5) is 5.82 Å². The number of nitrogens with one attached hydrogen (secondary N) is 1. The molecular weight excluding hydrogens is 258 g/mol. The van der Waals surface area contributed by atoms with Crippen LogP contribution in [0.1, 0.15) is 51.1 Å². The predicted octanol–water partition coefficient (Wildman–Crippen LogP) is 4.47. The van der Waals surface area contributed by atoms with Crippen molar-refractivity contribution < 1.29 is 0 Å². The molecule has 2 aromatic rings. The fourth-order valence-electron chi connectivity index (χ4n) is 2.85. The van der Waals surface area contributed by atoms with E-state index in [1.165, 1.54) is 25.7 Å². The van der Waals surface area contributed by atoms with Crippen molar-refractivity contribution in [2.75, 3.05) is 5.32 Å². The summed E-state index contributed by atoms with van der Waals surface area (Å²) in [4.78, 5) is 4.74. The van der Waals surface area contributed by atoms with Crippen molar-refractivity contribution in [2.45, 2.75) is 51.5 Å². The predicted molar refractivity (Wildman–Crippen MR) is 80.2 cm³/mol. The minimum atomic E-state index is 0.405. The normalized spacial score (nSPS) is 16.6. The van der Waals surface area contributed by atoms with Crippen LogP contribution >= 0.6 is 11.6 Å². The molecule has 0 bridgehead atoms. The van der Waals surface area contributed by atoms with Crippen LogP contribution in [0.25, 0.3) is 5.65 Å². The van der Waals surface area contributed by atoms with Crippen LogP contribution in [0.2, 0.25) is 5.02 Å². The largest absolute Gasteiger partial charge is 0.367 e. The molecule has 2 heterocycles. The fraction of sp³-hybridized carbons (Fsp3) is 0.533. The second-order valence-electron chi connectivity index (χ2n) is 5.70. The van der Waals surface area contributed by atoms with Gasteiger partial charge in [0.1, 0.15) is 11.5 Å². The lowest BCUT2D eigenvalue weighted by atomic mass is 10.1. The number of imidazole rings is 1. The van der Waals surface area contributed by atoms with Crippen molar-refractivity contribution in [3.8, 4) is 0 Å². The summed E-state index contributed by atoms with van der Waals surface area (Å²) in [7, 11) is 0. The Balaban J connectivity index is 2.06. The molecule has 0 atom stereocenters. The third kappa shape index (κ3) is 2.44. The van der Waals surface area contributed by atoms with Crippen molar-refractivity contribution in [2.24, 2.45) is 0 Å². The van der Waals surface area contributed by atoms with Crippen LogP contribution in [-0.2, 0) is 0 Å². The highest BCUT2D eigenvalue weighted by molar-refractivity contribution is 6.30. The molecule has 1 fully saturated rings. The van der Waals surface area contributed by atoms with Gasteiger partial charge in [0, 0.05) is 12.2 Å². The molecule has 0 amide bonds. The Morgan fingerprint density at radius 1 is 1.32 bits per heavy atom. The third-order valence-electron chi connectivity index (χ3n) is 3.85. The maximum Gasteiger partial charge on any atom is 0.138 e. The number of pyridine rings is 1. The van der Waals surface area contributed by atoms with Crippen molar-refractivity contribution in [1.82, 2.24) is 9.38 Å². The van der Waals surface area contributed by atoms with Gasteiger partial charge in [-0.3, -0.25) is 4.40 Å². The van der Waals surface area contributed by atoms with Crippen molar-refractivity contribution in [1.29, 1.82) is 0 Å². The summed E-state index contributed by atoms with van der Waals surface area (Å²) in [5, 5.41) is 4.43. The van der Waals surface area contributed by atoms with E-state index in [1.807, 2.05) is 18.3 Å². The van der Waals surface area contributed by atoms with Gasteiger partial charge in [0.15, 0.2) is 0 Å². The zero-order chi connectivity index (χ0) is 13.4. The molecule has 102 valence electrons. The van der Waals surface area contributed by atoms with E-state index in [-0.39, 0.29) is 0 Å². The lowest BCUT2D eigenvalue weighted by Gasteiger charge is -2.15. The van der Waals surface area contributed by atoms with Gasteiger partial charge in [-0.2, -0.15) is 0 Å². The molecule has 4 heteroatoms. The average Bonchev–Trinajstić information content (AvgIpc) is 2.98. The van der Waals surface area contributed by atoms with Crippen LogP contribution in [0.5, 0.6) is 0 Å². The Morgan fingerprint density at radius 2 is 2.05 bits per heavy atom. The van der Waals surface area contributed by atoms with Crippen molar-refractivity contribution in [3.63, 3.8) is 0 Å². The molecule has 3 nitrogen and oxygen atoms in total. The second kappa shape index (κ2) is 5.04. The lowest BCUT2D eigenvalue weighted by Crippen LogP contribution is -2.17. The van der Waals surface area contributed by atoms with Crippen LogP contribution in [0.15, 0.2) is 18.3 Å². The van der Waals surface area contributed by atoms with E-state index in [4.69, 9.17) is 16.6 Å².